The Morgan fingerprint density at radius 3 is 2.56 bits per heavy atom. The summed E-state index contributed by atoms with van der Waals surface area (Å²) in [6.45, 7) is 4.46. The normalized spacial score (nSPS) is 21.4. The summed E-state index contributed by atoms with van der Waals surface area (Å²) >= 11 is 0. The lowest BCUT2D eigenvalue weighted by molar-refractivity contribution is -0.128. The van der Waals surface area contributed by atoms with Crippen LogP contribution in [0.4, 0.5) is 0 Å². The van der Waals surface area contributed by atoms with Crippen molar-refractivity contribution in [1.82, 2.24) is 4.90 Å². The van der Waals surface area contributed by atoms with E-state index in [0.29, 0.717) is 26.3 Å². The predicted molar refractivity (Wildman–Crippen MR) is 61.7 cm³/mol. The molecule has 1 aliphatic heterocycles. The lowest BCUT2D eigenvalue weighted by Gasteiger charge is -2.27. The van der Waals surface area contributed by atoms with E-state index in [-0.39, 0.29) is 11.6 Å². The highest BCUT2D eigenvalue weighted by Gasteiger charge is 2.25. The van der Waals surface area contributed by atoms with Crippen molar-refractivity contribution in [2.24, 2.45) is 0 Å². The second kappa shape index (κ2) is 4.78. The number of rotatable bonds is 2. The first kappa shape index (κ1) is 11.3. The van der Waals surface area contributed by atoms with Crippen LogP contribution in [0.3, 0.4) is 0 Å². The van der Waals surface area contributed by atoms with Crippen LogP contribution in [0, 0.1) is 5.41 Å². The minimum Gasteiger partial charge on any atom is -0.378 e. The van der Waals surface area contributed by atoms with Crippen LogP contribution in [0.5, 0.6) is 0 Å². The maximum Gasteiger partial charge on any atom is 0.272 e. The zero-order valence-corrected chi connectivity index (χ0v) is 9.71. The van der Waals surface area contributed by atoms with Gasteiger partial charge in [0.1, 0.15) is 5.71 Å². The molecule has 0 spiro atoms. The van der Waals surface area contributed by atoms with Gasteiger partial charge in [-0.1, -0.05) is 5.57 Å². The Balaban J connectivity index is 2.04. The van der Waals surface area contributed by atoms with E-state index in [9.17, 15) is 4.79 Å². The molecule has 1 heterocycles. The zero-order chi connectivity index (χ0) is 11.5. The molecule has 4 heteroatoms. The number of carbonyl (C=O) groups excluding carboxylic acids is 1. The lowest BCUT2D eigenvalue weighted by Crippen LogP contribution is -2.44. The Hall–Kier alpha value is -1.16. The first-order chi connectivity index (χ1) is 7.70. The summed E-state index contributed by atoms with van der Waals surface area (Å²) in [5.41, 5.74) is 2.39. The molecule has 1 saturated heterocycles. The highest BCUT2D eigenvalue weighted by atomic mass is 16.5. The van der Waals surface area contributed by atoms with Gasteiger partial charge in [-0.3, -0.25) is 10.2 Å². The highest BCUT2D eigenvalue weighted by Crippen LogP contribution is 2.26. The Morgan fingerprint density at radius 1 is 1.31 bits per heavy atom. The Labute approximate surface area is 95.8 Å². The minimum absolute atomic E-state index is 0.125. The molecule has 0 bridgehead atoms. The summed E-state index contributed by atoms with van der Waals surface area (Å²) < 4.78 is 5.20. The number of nitrogens with zero attached hydrogens (tertiary/aromatic N) is 1. The highest BCUT2D eigenvalue weighted by molar-refractivity contribution is 6.44. The van der Waals surface area contributed by atoms with Crippen LogP contribution in [0.15, 0.2) is 11.1 Å². The monoisotopic (exact) mass is 222 g/mol. The summed E-state index contributed by atoms with van der Waals surface area (Å²) in [5.74, 6) is -0.125. The third-order valence-corrected chi connectivity index (χ3v) is 3.31. The number of allylic oxidation sites excluding steroid dienone is 1. The molecule has 2 rings (SSSR count). The van der Waals surface area contributed by atoms with Gasteiger partial charge in [-0.15, -0.1) is 0 Å². The van der Waals surface area contributed by atoms with Crippen LogP contribution in [0.1, 0.15) is 26.2 Å². The van der Waals surface area contributed by atoms with E-state index in [2.05, 4.69) is 0 Å². The fourth-order valence-corrected chi connectivity index (χ4v) is 2.29. The van der Waals surface area contributed by atoms with Crippen molar-refractivity contribution in [1.29, 1.82) is 5.41 Å². The first-order valence-electron chi connectivity index (χ1n) is 5.84. The van der Waals surface area contributed by atoms with Crippen molar-refractivity contribution >= 4 is 11.6 Å². The summed E-state index contributed by atoms with van der Waals surface area (Å²) in [6, 6.07) is 0. The van der Waals surface area contributed by atoms with Crippen LogP contribution >= 0.6 is 0 Å². The molecule has 0 atom stereocenters. The minimum atomic E-state index is -0.125. The second-order valence-electron chi connectivity index (χ2n) is 4.39. The molecule has 16 heavy (non-hydrogen) atoms. The summed E-state index contributed by atoms with van der Waals surface area (Å²) in [5, 5.41) is 7.97. The van der Waals surface area contributed by atoms with E-state index in [0.717, 1.165) is 24.8 Å². The van der Waals surface area contributed by atoms with Gasteiger partial charge in [0.15, 0.2) is 0 Å². The molecular weight excluding hydrogens is 204 g/mol. The quantitative estimate of drug-likeness (QED) is 0.717. The van der Waals surface area contributed by atoms with Crippen molar-refractivity contribution in [2.45, 2.75) is 26.2 Å². The topological polar surface area (TPSA) is 53.4 Å². The van der Waals surface area contributed by atoms with Crippen LogP contribution in [-0.4, -0.2) is 42.8 Å². The van der Waals surface area contributed by atoms with E-state index in [1.165, 1.54) is 5.57 Å². The summed E-state index contributed by atoms with van der Waals surface area (Å²) in [7, 11) is 0. The Morgan fingerprint density at radius 2 is 2.00 bits per heavy atom. The third-order valence-electron chi connectivity index (χ3n) is 3.31. The molecule has 1 amide bonds. The number of hydrogen-bond donors (Lipinski definition) is 1. The van der Waals surface area contributed by atoms with Crippen LogP contribution in [0.2, 0.25) is 0 Å². The van der Waals surface area contributed by atoms with Gasteiger partial charge in [-0.2, -0.15) is 0 Å². The average Bonchev–Trinajstić information content (AvgIpc) is 2.75. The van der Waals surface area contributed by atoms with Gasteiger partial charge in [0, 0.05) is 13.1 Å². The smallest absolute Gasteiger partial charge is 0.272 e. The van der Waals surface area contributed by atoms with E-state index < -0.39 is 0 Å². The molecule has 1 aliphatic carbocycles. The molecule has 0 aromatic rings. The van der Waals surface area contributed by atoms with E-state index in [1.54, 1.807) is 4.90 Å². The van der Waals surface area contributed by atoms with Gasteiger partial charge in [0.2, 0.25) is 0 Å². The lowest BCUT2D eigenvalue weighted by atomic mass is 10.1. The zero-order valence-electron chi connectivity index (χ0n) is 9.71. The fraction of sp³-hybridized carbons (Fsp3) is 0.667. The van der Waals surface area contributed by atoms with Gasteiger partial charge in [-0.25, -0.2) is 0 Å². The number of nitrogens with one attached hydrogen (secondary N) is 1. The second-order valence-corrected chi connectivity index (χ2v) is 4.39. The van der Waals surface area contributed by atoms with Gasteiger partial charge in [0.05, 0.1) is 13.2 Å². The molecule has 0 radical (unpaired) electrons. The molecule has 0 saturated carbocycles. The summed E-state index contributed by atoms with van der Waals surface area (Å²) in [6.07, 6.45) is 3.01. The Kier molecular flexibility index (Phi) is 3.39. The Bertz CT molecular complexity index is 341. The maximum absolute atomic E-state index is 12.0. The van der Waals surface area contributed by atoms with Crippen molar-refractivity contribution < 1.29 is 9.53 Å². The molecule has 2 aliphatic rings. The molecule has 0 unspecified atom stereocenters. The molecule has 1 fully saturated rings. The first-order valence-corrected chi connectivity index (χ1v) is 5.84. The van der Waals surface area contributed by atoms with Crippen molar-refractivity contribution in [3.63, 3.8) is 0 Å². The van der Waals surface area contributed by atoms with Crippen LogP contribution in [0.25, 0.3) is 0 Å². The number of morpholine rings is 1. The molecule has 0 aromatic heterocycles. The molecule has 4 nitrogen and oxygen atoms in total. The summed E-state index contributed by atoms with van der Waals surface area (Å²) in [4.78, 5) is 13.8. The number of hydrogen-bond acceptors (Lipinski definition) is 3. The number of amides is 1. The molecule has 88 valence electrons. The van der Waals surface area contributed by atoms with Crippen molar-refractivity contribution in [3.8, 4) is 0 Å². The standard InChI is InChI=1S/C12H18N2O2/c1-9-3-2-4-10(9)11(13)12(15)14-5-7-16-8-6-14/h13H,2-8H2,1H3. The van der Waals surface area contributed by atoms with Gasteiger partial charge < -0.3 is 9.64 Å². The predicted octanol–water partition coefficient (Wildman–Crippen LogP) is 1.37. The van der Waals surface area contributed by atoms with E-state index >= 15 is 0 Å². The maximum atomic E-state index is 12.0. The molecule has 1 N–H and O–H groups in total. The van der Waals surface area contributed by atoms with Crippen LogP contribution < -0.4 is 0 Å². The van der Waals surface area contributed by atoms with Crippen molar-refractivity contribution in [2.75, 3.05) is 26.3 Å². The largest absolute Gasteiger partial charge is 0.378 e. The van der Waals surface area contributed by atoms with E-state index in [4.69, 9.17) is 10.1 Å². The van der Waals surface area contributed by atoms with Crippen LogP contribution in [-0.2, 0) is 9.53 Å². The van der Waals surface area contributed by atoms with Crippen molar-refractivity contribution in [3.05, 3.63) is 11.1 Å². The average molecular weight is 222 g/mol. The van der Waals surface area contributed by atoms with Gasteiger partial charge in [-0.05, 0) is 31.8 Å². The van der Waals surface area contributed by atoms with Gasteiger partial charge in [0.25, 0.3) is 5.91 Å². The van der Waals surface area contributed by atoms with Gasteiger partial charge >= 0.3 is 0 Å². The van der Waals surface area contributed by atoms with E-state index in [1.807, 2.05) is 6.92 Å². The molecule has 0 aromatic carbocycles. The number of ether oxygens (including phenoxy) is 1. The molecular formula is C12H18N2O2. The third kappa shape index (κ3) is 2.16. The SMILES string of the molecule is CC1=C(C(=N)C(=O)N2CCOCC2)CCC1. The fourth-order valence-electron chi connectivity index (χ4n) is 2.29. The number of carbonyl (C=O) groups is 1.